The van der Waals surface area contributed by atoms with Crippen LogP contribution in [0.5, 0.6) is 11.5 Å². The van der Waals surface area contributed by atoms with E-state index in [0.29, 0.717) is 11.7 Å². The van der Waals surface area contributed by atoms with Crippen LogP contribution in [0.25, 0.3) is 11.4 Å². The van der Waals surface area contributed by atoms with Gasteiger partial charge in [0.15, 0.2) is 22.5 Å². The topological polar surface area (TPSA) is 78.3 Å². The molecule has 3 aromatic carbocycles. The van der Waals surface area contributed by atoms with E-state index in [2.05, 4.69) is 15.5 Å². The summed E-state index contributed by atoms with van der Waals surface area (Å²) in [6, 6.07) is 23.6. The molecule has 7 nitrogen and oxygen atoms in total. The first kappa shape index (κ1) is 22.0. The third-order valence-electron chi connectivity index (χ3n) is 5.46. The van der Waals surface area contributed by atoms with E-state index in [0.717, 1.165) is 39.7 Å². The number of anilines is 1. The molecule has 8 heteroatoms. The zero-order chi connectivity index (χ0) is 23.5. The number of rotatable bonds is 7. The average Bonchev–Trinajstić information content (AvgIpc) is 3.46. The lowest BCUT2D eigenvalue weighted by Crippen LogP contribution is -2.23. The molecular formula is C26H24N4O3S. The van der Waals surface area contributed by atoms with Crippen molar-refractivity contribution in [2.75, 3.05) is 12.1 Å². The summed E-state index contributed by atoms with van der Waals surface area (Å²) < 4.78 is 13.0. The quantitative estimate of drug-likeness (QED) is 0.375. The molecule has 0 saturated carbocycles. The van der Waals surface area contributed by atoms with Crippen LogP contribution in [0.2, 0.25) is 0 Å². The number of thioether (sulfide) groups is 1. The number of nitrogens with one attached hydrogen (secondary N) is 1. The first-order chi connectivity index (χ1) is 16.6. The Hall–Kier alpha value is -3.78. The van der Waals surface area contributed by atoms with Crippen molar-refractivity contribution in [1.82, 2.24) is 14.8 Å². The third kappa shape index (κ3) is 4.77. The zero-order valence-corrected chi connectivity index (χ0v) is 19.7. The number of benzene rings is 3. The number of hydrogen-bond donors (Lipinski definition) is 1. The van der Waals surface area contributed by atoms with Gasteiger partial charge in [0, 0.05) is 11.3 Å². The van der Waals surface area contributed by atoms with Gasteiger partial charge in [0.1, 0.15) is 0 Å². The van der Waals surface area contributed by atoms with Crippen molar-refractivity contribution in [3.63, 3.8) is 0 Å². The Morgan fingerprint density at radius 1 is 1.03 bits per heavy atom. The van der Waals surface area contributed by atoms with Crippen LogP contribution in [0.4, 0.5) is 5.69 Å². The van der Waals surface area contributed by atoms with Crippen molar-refractivity contribution in [3.05, 3.63) is 83.9 Å². The summed E-state index contributed by atoms with van der Waals surface area (Å²) in [7, 11) is 0. The Labute approximate surface area is 202 Å². The number of carbonyl (C=O) groups excluding carboxylic acids is 1. The molecule has 34 heavy (non-hydrogen) atoms. The van der Waals surface area contributed by atoms with Crippen LogP contribution in [0, 0.1) is 6.92 Å². The van der Waals surface area contributed by atoms with E-state index in [9.17, 15) is 4.79 Å². The molecule has 1 aliphatic rings. The molecule has 0 radical (unpaired) electrons. The summed E-state index contributed by atoms with van der Waals surface area (Å²) in [6.07, 6.45) is 0. The van der Waals surface area contributed by atoms with Crippen LogP contribution in [-0.4, -0.2) is 32.7 Å². The molecule has 0 aliphatic carbocycles. The summed E-state index contributed by atoms with van der Waals surface area (Å²) >= 11 is 1.38. The van der Waals surface area contributed by atoms with Gasteiger partial charge in [-0.25, -0.2) is 0 Å². The van der Waals surface area contributed by atoms with Crippen LogP contribution in [0.1, 0.15) is 18.1 Å². The van der Waals surface area contributed by atoms with E-state index in [1.54, 1.807) is 0 Å². The van der Waals surface area contributed by atoms with Gasteiger partial charge in [0.2, 0.25) is 12.7 Å². The smallest absolute Gasteiger partial charge is 0.237 e. The summed E-state index contributed by atoms with van der Waals surface area (Å²) in [6.45, 7) is 4.63. The second-order valence-corrected chi connectivity index (χ2v) is 9.37. The van der Waals surface area contributed by atoms with Gasteiger partial charge in [-0.05, 0) is 49.2 Å². The van der Waals surface area contributed by atoms with Gasteiger partial charge in [0.05, 0.1) is 11.8 Å². The molecule has 1 unspecified atom stereocenters. The number of fused-ring (bicyclic) bond motifs is 1. The molecule has 0 fully saturated rings. The van der Waals surface area contributed by atoms with Crippen molar-refractivity contribution in [3.8, 4) is 22.9 Å². The summed E-state index contributed by atoms with van der Waals surface area (Å²) in [5.74, 6) is 2.13. The standard InChI is InChI=1S/C26H24N4O3S/c1-17-7-6-10-21(13-17)27-25(31)18(2)34-26-29-28-24(20-8-4-3-5-9-20)30(26)15-19-11-12-22-23(14-19)33-16-32-22/h3-14,18H,15-16H2,1-2H3,(H,27,31). The molecule has 0 saturated heterocycles. The Morgan fingerprint density at radius 3 is 2.68 bits per heavy atom. The minimum absolute atomic E-state index is 0.0884. The van der Waals surface area contributed by atoms with E-state index in [1.807, 2.05) is 91.2 Å². The first-order valence-electron chi connectivity index (χ1n) is 11.0. The number of carbonyl (C=O) groups is 1. The lowest BCUT2D eigenvalue weighted by atomic mass is 10.2. The predicted molar refractivity (Wildman–Crippen MR) is 132 cm³/mol. The average molecular weight is 473 g/mol. The Morgan fingerprint density at radius 2 is 1.85 bits per heavy atom. The fourth-order valence-corrected chi connectivity index (χ4v) is 4.57. The van der Waals surface area contributed by atoms with E-state index < -0.39 is 0 Å². The Kier molecular flexibility index (Phi) is 6.22. The number of ether oxygens (including phenoxy) is 2. The SMILES string of the molecule is Cc1cccc(NC(=O)C(C)Sc2nnc(-c3ccccc3)n2Cc2ccc3c(c2)OCO3)c1. The van der Waals surface area contributed by atoms with Crippen molar-refractivity contribution >= 4 is 23.4 Å². The second-order valence-electron chi connectivity index (χ2n) is 8.06. The largest absolute Gasteiger partial charge is 0.454 e. The molecule has 1 aromatic heterocycles. The van der Waals surface area contributed by atoms with Gasteiger partial charge < -0.3 is 14.8 Å². The van der Waals surface area contributed by atoms with Crippen LogP contribution < -0.4 is 14.8 Å². The number of nitrogens with zero attached hydrogens (tertiary/aromatic N) is 3. The minimum atomic E-state index is -0.371. The van der Waals surface area contributed by atoms with Crippen LogP contribution in [0.15, 0.2) is 78.0 Å². The third-order valence-corrected chi connectivity index (χ3v) is 6.54. The molecule has 1 atom stereocenters. The monoisotopic (exact) mass is 472 g/mol. The maximum atomic E-state index is 12.9. The summed E-state index contributed by atoms with van der Waals surface area (Å²) in [5, 5.41) is 12.2. The van der Waals surface area contributed by atoms with E-state index >= 15 is 0 Å². The Balaban J connectivity index is 1.41. The highest BCUT2D eigenvalue weighted by Gasteiger charge is 2.22. The van der Waals surface area contributed by atoms with Gasteiger partial charge in [-0.2, -0.15) is 0 Å². The molecule has 1 N–H and O–H groups in total. The highest BCUT2D eigenvalue weighted by molar-refractivity contribution is 8.00. The number of aryl methyl sites for hydroxylation is 1. The zero-order valence-electron chi connectivity index (χ0n) is 18.9. The summed E-state index contributed by atoms with van der Waals surface area (Å²) in [4.78, 5) is 12.9. The van der Waals surface area contributed by atoms with E-state index in [-0.39, 0.29) is 18.0 Å². The van der Waals surface area contributed by atoms with Crippen LogP contribution >= 0.6 is 11.8 Å². The first-order valence-corrected chi connectivity index (χ1v) is 11.9. The highest BCUT2D eigenvalue weighted by atomic mass is 32.2. The normalized spacial score (nSPS) is 13.0. The fourth-order valence-electron chi connectivity index (χ4n) is 3.72. The number of hydrogen-bond acceptors (Lipinski definition) is 6. The molecule has 5 rings (SSSR count). The maximum absolute atomic E-state index is 12.9. The molecule has 0 bridgehead atoms. The lowest BCUT2D eigenvalue weighted by Gasteiger charge is -2.14. The lowest BCUT2D eigenvalue weighted by molar-refractivity contribution is -0.115. The van der Waals surface area contributed by atoms with Gasteiger partial charge >= 0.3 is 0 Å². The van der Waals surface area contributed by atoms with Gasteiger partial charge in [0.25, 0.3) is 0 Å². The minimum Gasteiger partial charge on any atom is -0.454 e. The molecule has 0 spiro atoms. The molecule has 4 aromatic rings. The number of amides is 1. The van der Waals surface area contributed by atoms with Gasteiger partial charge in [-0.15, -0.1) is 10.2 Å². The molecular weight excluding hydrogens is 448 g/mol. The number of aromatic nitrogens is 3. The molecule has 1 amide bonds. The van der Waals surface area contributed by atoms with Crippen molar-refractivity contribution in [2.45, 2.75) is 30.8 Å². The molecule has 172 valence electrons. The van der Waals surface area contributed by atoms with E-state index in [4.69, 9.17) is 9.47 Å². The van der Waals surface area contributed by atoms with Gasteiger partial charge in [-0.3, -0.25) is 9.36 Å². The highest BCUT2D eigenvalue weighted by Crippen LogP contribution is 2.34. The Bertz CT molecular complexity index is 1320. The van der Waals surface area contributed by atoms with Crippen LogP contribution in [0.3, 0.4) is 0 Å². The molecule has 2 heterocycles. The van der Waals surface area contributed by atoms with E-state index in [1.165, 1.54) is 11.8 Å². The van der Waals surface area contributed by atoms with Crippen molar-refractivity contribution < 1.29 is 14.3 Å². The maximum Gasteiger partial charge on any atom is 0.237 e. The molecule has 1 aliphatic heterocycles. The van der Waals surface area contributed by atoms with Gasteiger partial charge in [-0.1, -0.05) is 60.3 Å². The fraction of sp³-hybridized carbons (Fsp3) is 0.192. The predicted octanol–water partition coefficient (Wildman–Crippen LogP) is 5.15. The van der Waals surface area contributed by atoms with Crippen molar-refractivity contribution in [2.24, 2.45) is 0 Å². The summed E-state index contributed by atoms with van der Waals surface area (Å²) in [5.41, 5.74) is 3.86. The van der Waals surface area contributed by atoms with Crippen LogP contribution in [-0.2, 0) is 11.3 Å². The van der Waals surface area contributed by atoms with Crippen molar-refractivity contribution in [1.29, 1.82) is 0 Å². The second kappa shape index (κ2) is 9.61.